The number of hydrogen-bond donors (Lipinski definition) is 0. The summed E-state index contributed by atoms with van der Waals surface area (Å²) in [6, 6.07) is 0. The van der Waals surface area contributed by atoms with Gasteiger partial charge in [0.2, 0.25) is 0 Å². The maximum Gasteiger partial charge on any atom is 0.130 e. The van der Waals surface area contributed by atoms with Gasteiger partial charge in [0.15, 0.2) is 0 Å². The Morgan fingerprint density at radius 3 is 2.57 bits per heavy atom. The van der Waals surface area contributed by atoms with Crippen LogP contribution < -0.4 is 0 Å². The van der Waals surface area contributed by atoms with E-state index in [4.69, 9.17) is 4.74 Å². The van der Waals surface area contributed by atoms with Gasteiger partial charge in [-0.2, -0.15) is 0 Å². The Labute approximate surface area is 87.3 Å². The fraction of sp³-hybridized carbons (Fsp3) is 1.00. The van der Waals surface area contributed by atoms with Crippen molar-refractivity contribution in [2.45, 2.75) is 30.8 Å². The van der Waals surface area contributed by atoms with Crippen molar-refractivity contribution in [3.8, 4) is 0 Å². The molecule has 0 N–H and O–H groups in total. The van der Waals surface area contributed by atoms with Gasteiger partial charge in [-0.25, -0.2) is 0 Å². The van der Waals surface area contributed by atoms with Crippen LogP contribution in [0.4, 0.5) is 0 Å². The maximum atomic E-state index is 11.7. The first-order valence-corrected chi connectivity index (χ1v) is 6.85. The third-order valence-electron chi connectivity index (χ3n) is 3.98. The van der Waals surface area contributed by atoms with Crippen LogP contribution in [0, 0.1) is 5.92 Å². The maximum absolute atomic E-state index is 11.7. The van der Waals surface area contributed by atoms with Crippen molar-refractivity contribution in [3.63, 3.8) is 0 Å². The lowest BCUT2D eigenvalue weighted by Gasteiger charge is -2.50. The van der Waals surface area contributed by atoms with Crippen molar-refractivity contribution in [1.29, 1.82) is 0 Å². The molecule has 0 radical (unpaired) electrons. The molecule has 0 aromatic rings. The molecule has 0 saturated carbocycles. The minimum absolute atomic E-state index is 0.0409. The normalized spacial score (nSPS) is 56.9. The summed E-state index contributed by atoms with van der Waals surface area (Å²) in [6.45, 7) is 5.41. The highest BCUT2D eigenvalue weighted by molar-refractivity contribution is 7.85. The Hall–Kier alpha value is 0.0700. The number of ether oxygens (including phenoxy) is 1. The van der Waals surface area contributed by atoms with E-state index in [0.717, 1.165) is 12.3 Å². The van der Waals surface area contributed by atoms with Crippen LogP contribution >= 0.6 is 0 Å². The highest BCUT2D eigenvalue weighted by Gasteiger charge is 2.53. The van der Waals surface area contributed by atoms with E-state index in [1.165, 1.54) is 25.9 Å². The van der Waals surface area contributed by atoms with Crippen LogP contribution in [-0.4, -0.2) is 45.5 Å². The number of rotatable bonds is 0. The number of fused-ring (bicyclic) bond motifs is 2. The van der Waals surface area contributed by atoms with Crippen molar-refractivity contribution >= 4 is 10.8 Å². The summed E-state index contributed by atoms with van der Waals surface area (Å²) < 4.78 is 17.7. The Morgan fingerprint density at radius 2 is 2.14 bits per heavy atom. The van der Waals surface area contributed by atoms with Gasteiger partial charge in [0.05, 0.1) is 22.2 Å². The molecule has 2 bridgehead atoms. The lowest BCUT2D eigenvalue weighted by atomic mass is 9.76. The standard InChI is InChI=1S/C10H17NO2S/c1-8-13-10(7-14(8)12)6-11-4-2-9(10)3-5-11/h8-9H,2-7H2,1H3/t8-,10-,14-/m0/s1. The second-order valence-corrected chi connectivity index (χ2v) is 6.54. The topological polar surface area (TPSA) is 29.5 Å². The molecular formula is C10H17NO2S. The van der Waals surface area contributed by atoms with Gasteiger partial charge in [-0.3, -0.25) is 4.21 Å². The molecule has 80 valence electrons. The summed E-state index contributed by atoms with van der Waals surface area (Å²) in [5, 5.41) is 0. The van der Waals surface area contributed by atoms with Gasteiger partial charge in [-0.15, -0.1) is 0 Å². The van der Waals surface area contributed by atoms with E-state index in [1.54, 1.807) is 0 Å². The van der Waals surface area contributed by atoms with Crippen LogP contribution in [0.3, 0.4) is 0 Å². The SMILES string of the molecule is C[C@H]1O[C@@]2(CN3CCC2CC3)C[S@@]1=O. The van der Waals surface area contributed by atoms with Gasteiger partial charge < -0.3 is 9.64 Å². The zero-order valence-electron chi connectivity index (χ0n) is 8.57. The number of nitrogens with zero attached hydrogens (tertiary/aromatic N) is 1. The van der Waals surface area contributed by atoms with Gasteiger partial charge in [-0.05, 0) is 38.8 Å². The van der Waals surface area contributed by atoms with Gasteiger partial charge in [0.25, 0.3) is 0 Å². The molecule has 0 amide bonds. The summed E-state index contributed by atoms with van der Waals surface area (Å²) >= 11 is 0. The first-order valence-electron chi connectivity index (χ1n) is 5.47. The van der Waals surface area contributed by atoms with E-state index < -0.39 is 10.8 Å². The molecule has 4 aliphatic rings. The predicted molar refractivity (Wildman–Crippen MR) is 55.5 cm³/mol. The number of piperidine rings is 3. The van der Waals surface area contributed by atoms with E-state index in [1.807, 2.05) is 6.92 Å². The quantitative estimate of drug-likeness (QED) is 0.592. The Bertz CT molecular complexity index is 275. The monoisotopic (exact) mass is 215 g/mol. The van der Waals surface area contributed by atoms with Gasteiger partial charge in [-0.1, -0.05) is 0 Å². The molecule has 0 aliphatic carbocycles. The first kappa shape index (κ1) is 9.31. The Kier molecular flexibility index (Phi) is 2.01. The molecule has 4 heteroatoms. The predicted octanol–water partition coefficient (Wildman–Crippen LogP) is 0.576. The van der Waals surface area contributed by atoms with Crippen molar-refractivity contribution in [2.24, 2.45) is 5.92 Å². The zero-order valence-corrected chi connectivity index (χ0v) is 9.39. The van der Waals surface area contributed by atoms with Gasteiger partial charge in [0, 0.05) is 6.54 Å². The van der Waals surface area contributed by atoms with E-state index in [-0.39, 0.29) is 11.0 Å². The zero-order chi connectivity index (χ0) is 9.76. The van der Waals surface area contributed by atoms with E-state index >= 15 is 0 Å². The smallest absolute Gasteiger partial charge is 0.130 e. The van der Waals surface area contributed by atoms with Crippen LogP contribution in [0.5, 0.6) is 0 Å². The van der Waals surface area contributed by atoms with Crippen LogP contribution in [0.15, 0.2) is 0 Å². The first-order chi connectivity index (χ1) is 6.70. The summed E-state index contributed by atoms with van der Waals surface area (Å²) in [5.74, 6) is 1.44. The minimum Gasteiger partial charge on any atom is -0.356 e. The molecule has 4 aliphatic heterocycles. The largest absolute Gasteiger partial charge is 0.356 e. The Balaban J connectivity index is 1.87. The molecule has 4 fully saturated rings. The highest BCUT2D eigenvalue weighted by Crippen LogP contribution is 2.43. The summed E-state index contributed by atoms with van der Waals surface area (Å²) in [5.41, 5.74) is -0.0867. The molecule has 14 heavy (non-hydrogen) atoms. The molecule has 0 aromatic carbocycles. The minimum atomic E-state index is -0.755. The van der Waals surface area contributed by atoms with E-state index in [2.05, 4.69) is 4.90 Å². The second kappa shape index (κ2) is 3.03. The van der Waals surface area contributed by atoms with Crippen molar-refractivity contribution < 1.29 is 8.95 Å². The average Bonchev–Trinajstić information content (AvgIpc) is 2.43. The van der Waals surface area contributed by atoms with Crippen molar-refractivity contribution in [2.75, 3.05) is 25.4 Å². The molecule has 4 rings (SSSR count). The summed E-state index contributed by atoms with van der Waals surface area (Å²) in [6.07, 6.45) is 2.48. The highest BCUT2D eigenvalue weighted by atomic mass is 32.2. The molecule has 4 saturated heterocycles. The van der Waals surface area contributed by atoms with E-state index in [0.29, 0.717) is 5.92 Å². The van der Waals surface area contributed by atoms with Crippen molar-refractivity contribution in [1.82, 2.24) is 4.90 Å². The molecule has 3 nitrogen and oxygen atoms in total. The summed E-state index contributed by atoms with van der Waals surface area (Å²) in [7, 11) is -0.755. The number of hydrogen-bond acceptors (Lipinski definition) is 3. The fourth-order valence-electron chi connectivity index (χ4n) is 3.20. The average molecular weight is 215 g/mol. The van der Waals surface area contributed by atoms with Crippen LogP contribution in [0.25, 0.3) is 0 Å². The Morgan fingerprint density at radius 1 is 1.43 bits per heavy atom. The lowest BCUT2D eigenvalue weighted by molar-refractivity contribution is -0.133. The van der Waals surface area contributed by atoms with E-state index in [9.17, 15) is 4.21 Å². The molecular weight excluding hydrogens is 198 g/mol. The third kappa shape index (κ3) is 1.20. The summed E-state index contributed by atoms with van der Waals surface area (Å²) in [4.78, 5) is 2.47. The fourth-order valence-corrected chi connectivity index (χ4v) is 4.61. The van der Waals surface area contributed by atoms with Crippen LogP contribution in [-0.2, 0) is 15.5 Å². The van der Waals surface area contributed by atoms with Crippen LogP contribution in [0.2, 0.25) is 0 Å². The molecule has 0 unspecified atom stereocenters. The second-order valence-electron chi connectivity index (χ2n) is 4.83. The third-order valence-corrected chi connectivity index (χ3v) is 5.59. The van der Waals surface area contributed by atoms with Crippen LogP contribution in [0.1, 0.15) is 19.8 Å². The molecule has 4 heterocycles. The molecule has 1 spiro atoms. The molecule has 3 atom stereocenters. The molecule has 0 aromatic heterocycles. The van der Waals surface area contributed by atoms with Gasteiger partial charge >= 0.3 is 0 Å². The lowest BCUT2D eigenvalue weighted by Crippen LogP contribution is -2.60. The van der Waals surface area contributed by atoms with Gasteiger partial charge in [0.1, 0.15) is 5.44 Å². The van der Waals surface area contributed by atoms with Crippen molar-refractivity contribution in [3.05, 3.63) is 0 Å².